The smallest absolute Gasteiger partial charge is 0.224 e. The molecule has 0 radical (unpaired) electrons. The van der Waals surface area contributed by atoms with Crippen LogP contribution in [0.2, 0.25) is 0 Å². The third-order valence-electron chi connectivity index (χ3n) is 6.65. The van der Waals surface area contributed by atoms with Crippen molar-refractivity contribution < 1.29 is 4.79 Å². The number of fused-ring (bicyclic) bond motifs is 1. The molecule has 7 nitrogen and oxygen atoms in total. The van der Waals surface area contributed by atoms with E-state index in [1.807, 2.05) is 37.4 Å². The van der Waals surface area contributed by atoms with E-state index in [-0.39, 0.29) is 23.3 Å². The highest BCUT2D eigenvalue weighted by Gasteiger charge is 2.55. The van der Waals surface area contributed by atoms with E-state index in [1.54, 1.807) is 12.4 Å². The summed E-state index contributed by atoms with van der Waals surface area (Å²) in [6, 6.07) is 11.5. The van der Waals surface area contributed by atoms with Gasteiger partial charge in [-0.2, -0.15) is 5.26 Å². The first kappa shape index (κ1) is 18.6. The van der Waals surface area contributed by atoms with Crippen LogP contribution in [0.15, 0.2) is 42.9 Å². The third-order valence-corrected chi connectivity index (χ3v) is 6.65. The molecule has 152 valence electrons. The van der Waals surface area contributed by atoms with Crippen LogP contribution in [-0.4, -0.2) is 33.9 Å². The maximum atomic E-state index is 13.2. The highest BCUT2D eigenvalue weighted by atomic mass is 16.2. The van der Waals surface area contributed by atoms with Crippen molar-refractivity contribution in [3.8, 4) is 6.07 Å². The van der Waals surface area contributed by atoms with E-state index >= 15 is 0 Å². The molecule has 1 saturated heterocycles. The van der Waals surface area contributed by atoms with E-state index < -0.39 is 0 Å². The summed E-state index contributed by atoms with van der Waals surface area (Å²) in [5, 5.41) is 13.3. The molecule has 1 aromatic carbocycles. The molecular formula is C23H24N6O. The monoisotopic (exact) mass is 400 g/mol. The van der Waals surface area contributed by atoms with E-state index in [9.17, 15) is 4.79 Å². The van der Waals surface area contributed by atoms with Gasteiger partial charge in [0.05, 0.1) is 23.1 Å². The molecule has 3 aromatic rings. The number of H-pyrrole nitrogens is 1. The zero-order valence-electron chi connectivity index (χ0n) is 16.9. The van der Waals surface area contributed by atoms with Gasteiger partial charge in [-0.1, -0.05) is 12.1 Å². The molecule has 5 rings (SSSR count). The predicted molar refractivity (Wildman–Crippen MR) is 114 cm³/mol. The van der Waals surface area contributed by atoms with Gasteiger partial charge in [-0.25, -0.2) is 9.97 Å². The minimum Gasteiger partial charge on any atom is -0.355 e. The van der Waals surface area contributed by atoms with E-state index in [2.05, 4.69) is 31.2 Å². The Kier molecular flexibility index (Phi) is 4.43. The number of rotatable bonds is 4. The Balaban J connectivity index is 1.31. The summed E-state index contributed by atoms with van der Waals surface area (Å²) in [6.45, 7) is 3.63. The Hall–Kier alpha value is -3.40. The summed E-state index contributed by atoms with van der Waals surface area (Å²) in [5.41, 5.74) is 2.45. The second-order valence-corrected chi connectivity index (χ2v) is 8.53. The number of nitrogens with one attached hydrogen (secondary N) is 2. The molecule has 1 spiro atoms. The third kappa shape index (κ3) is 3.18. The number of anilines is 1. The number of carbonyl (C=O) groups excluding carboxylic acids is 1. The van der Waals surface area contributed by atoms with Crippen molar-refractivity contribution in [3.05, 3.63) is 54.0 Å². The highest BCUT2D eigenvalue weighted by molar-refractivity contribution is 5.88. The van der Waals surface area contributed by atoms with Crippen LogP contribution < -0.4 is 10.2 Å². The topological polar surface area (TPSA) is 97.7 Å². The molecule has 2 aliphatic rings. The van der Waals surface area contributed by atoms with E-state index in [1.165, 1.54) is 0 Å². The SMILES string of the molecule is C[C@@H](NC(=O)C1CCN(c2ncnc3[nH]ccc23)CC12CC2)c1cccc(C#N)c1. The van der Waals surface area contributed by atoms with Crippen LogP contribution in [-0.2, 0) is 4.79 Å². The van der Waals surface area contributed by atoms with Crippen molar-refractivity contribution in [2.75, 3.05) is 18.0 Å². The number of benzene rings is 1. The maximum absolute atomic E-state index is 13.2. The van der Waals surface area contributed by atoms with Gasteiger partial charge in [0.1, 0.15) is 17.8 Å². The molecule has 2 atom stereocenters. The summed E-state index contributed by atoms with van der Waals surface area (Å²) < 4.78 is 0. The number of aromatic amines is 1. The normalized spacial score (nSPS) is 20.7. The molecule has 2 N–H and O–H groups in total. The highest BCUT2D eigenvalue weighted by Crippen LogP contribution is 2.56. The van der Waals surface area contributed by atoms with Crippen LogP contribution in [0.25, 0.3) is 11.0 Å². The summed E-state index contributed by atoms with van der Waals surface area (Å²) in [4.78, 5) is 27.5. The lowest BCUT2D eigenvalue weighted by Gasteiger charge is -2.39. The van der Waals surface area contributed by atoms with Crippen molar-refractivity contribution >= 4 is 22.8 Å². The van der Waals surface area contributed by atoms with Crippen LogP contribution >= 0.6 is 0 Å². The number of hydrogen-bond acceptors (Lipinski definition) is 5. The summed E-state index contributed by atoms with van der Waals surface area (Å²) in [5.74, 6) is 1.09. The fourth-order valence-electron chi connectivity index (χ4n) is 4.80. The number of nitrogens with zero attached hydrogens (tertiary/aromatic N) is 4. The van der Waals surface area contributed by atoms with Gasteiger partial charge in [-0.3, -0.25) is 4.79 Å². The van der Waals surface area contributed by atoms with Gasteiger partial charge in [0.25, 0.3) is 0 Å². The molecule has 0 bridgehead atoms. The fourth-order valence-corrected chi connectivity index (χ4v) is 4.80. The molecule has 1 unspecified atom stereocenters. The zero-order valence-corrected chi connectivity index (χ0v) is 16.9. The molecule has 1 aliphatic heterocycles. The van der Waals surface area contributed by atoms with Crippen LogP contribution in [0, 0.1) is 22.7 Å². The van der Waals surface area contributed by atoms with Crippen molar-refractivity contribution in [2.24, 2.45) is 11.3 Å². The minimum atomic E-state index is -0.124. The largest absolute Gasteiger partial charge is 0.355 e. The molecule has 7 heteroatoms. The average Bonchev–Trinajstić information content (AvgIpc) is 3.34. The van der Waals surface area contributed by atoms with Crippen molar-refractivity contribution in [1.29, 1.82) is 5.26 Å². The zero-order chi connectivity index (χ0) is 20.7. The first-order valence-electron chi connectivity index (χ1n) is 10.4. The number of amides is 1. The molecule has 2 aromatic heterocycles. The Morgan fingerprint density at radius 3 is 3.03 bits per heavy atom. The number of nitriles is 1. The second-order valence-electron chi connectivity index (χ2n) is 8.53. The number of hydrogen-bond donors (Lipinski definition) is 2. The van der Waals surface area contributed by atoms with E-state index in [4.69, 9.17) is 5.26 Å². The first-order valence-corrected chi connectivity index (χ1v) is 10.4. The lowest BCUT2D eigenvalue weighted by atomic mass is 9.81. The van der Waals surface area contributed by atoms with Gasteiger partial charge in [-0.05, 0) is 55.4 Å². The van der Waals surface area contributed by atoms with Gasteiger partial charge in [-0.15, -0.1) is 0 Å². The fraction of sp³-hybridized carbons (Fsp3) is 0.391. The molecule has 1 amide bonds. The Labute approximate surface area is 175 Å². The van der Waals surface area contributed by atoms with Gasteiger partial charge in [0.15, 0.2) is 0 Å². The van der Waals surface area contributed by atoms with Crippen molar-refractivity contribution in [3.63, 3.8) is 0 Å². The van der Waals surface area contributed by atoms with E-state index in [0.717, 1.165) is 54.8 Å². The molecule has 1 aliphatic carbocycles. The molecule has 2 fully saturated rings. The van der Waals surface area contributed by atoms with Crippen LogP contribution in [0.3, 0.4) is 0 Å². The Morgan fingerprint density at radius 1 is 1.37 bits per heavy atom. The van der Waals surface area contributed by atoms with Crippen LogP contribution in [0.1, 0.15) is 43.4 Å². The van der Waals surface area contributed by atoms with Crippen molar-refractivity contribution in [2.45, 2.75) is 32.2 Å². The van der Waals surface area contributed by atoms with Gasteiger partial charge >= 0.3 is 0 Å². The van der Waals surface area contributed by atoms with E-state index in [0.29, 0.717) is 5.56 Å². The first-order chi connectivity index (χ1) is 14.6. The lowest BCUT2D eigenvalue weighted by Crippen LogP contribution is -2.48. The van der Waals surface area contributed by atoms with Gasteiger partial charge < -0.3 is 15.2 Å². The summed E-state index contributed by atoms with van der Waals surface area (Å²) in [7, 11) is 0. The van der Waals surface area contributed by atoms with Gasteiger partial charge in [0, 0.05) is 25.2 Å². The molecule has 3 heterocycles. The number of piperidine rings is 1. The van der Waals surface area contributed by atoms with Gasteiger partial charge in [0.2, 0.25) is 5.91 Å². The van der Waals surface area contributed by atoms with Crippen LogP contribution in [0.4, 0.5) is 5.82 Å². The molecular weight excluding hydrogens is 376 g/mol. The quantitative estimate of drug-likeness (QED) is 0.700. The molecule has 30 heavy (non-hydrogen) atoms. The second kappa shape index (κ2) is 7.13. The number of aromatic nitrogens is 3. The Morgan fingerprint density at radius 2 is 2.23 bits per heavy atom. The van der Waals surface area contributed by atoms with Crippen molar-refractivity contribution in [1.82, 2.24) is 20.3 Å². The molecule has 1 saturated carbocycles. The maximum Gasteiger partial charge on any atom is 0.224 e. The standard InChI is InChI=1S/C23H24N6O/c1-15(17-4-2-3-16(11-17)12-24)28-22(30)19-6-10-29(13-23(19)7-8-23)21-18-5-9-25-20(18)26-14-27-21/h2-5,9,11,14-15,19H,6-8,10,13H2,1H3,(H,28,30)(H,25,26,27)/t15-,19?/m1/s1. The number of carbonyl (C=O) groups is 1. The average molecular weight is 400 g/mol. The predicted octanol–water partition coefficient (Wildman–Crippen LogP) is 3.31. The minimum absolute atomic E-state index is 0.0129. The summed E-state index contributed by atoms with van der Waals surface area (Å²) in [6.07, 6.45) is 6.44. The van der Waals surface area contributed by atoms with Crippen LogP contribution in [0.5, 0.6) is 0 Å². The summed E-state index contributed by atoms with van der Waals surface area (Å²) >= 11 is 0. The lowest BCUT2D eigenvalue weighted by molar-refractivity contribution is -0.128. The Bertz CT molecular complexity index is 1140.